The van der Waals surface area contributed by atoms with Gasteiger partial charge in [0.15, 0.2) is 0 Å². The summed E-state index contributed by atoms with van der Waals surface area (Å²) in [7, 11) is -2.04. The summed E-state index contributed by atoms with van der Waals surface area (Å²) in [5, 5.41) is 0.404. The van der Waals surface area contributed by atoms with Crippen molar-refractivity contribution in [2.75, 3.05) is 11.4 Å². The molecule has 0 atom stereocenters. The predicted molar refractivity (Wildman–Crippen MR) is 83.8 cm³/mol. The van der Waals surface area contributed by atoms with E-state index < -0.39 is 10.0 Å². The lowest BCUT2D eigenvalue weighted by atomic mass is 10.2. The number of hydrogen-bond donors (Lipinski definition) is 0. The van der Waals surface area contributed by atoms with Crippen molar-refractivity contribution < 1.29 is 8.42 Å². The highest BCUT2D eigenvalue weighted by molar-refractivity contribution is 9.11. The molecule has 0 radical (unpaired) electrons. The maximum atomic E-state index is 12.5. The van der Waals surface area contributed by atoms with Crippen LogP contribution in [0.2, 0.25) is 5.02 Å². The number of benzene rings is 1. The van der Waals surface area contributed by atoms with E-state index in [2.05, 4.69) is 15.9 Å². The Hall–Kier alpha value is -0.560. The molecule has 0 unspecified atom stereocenters. The van der Waals surface area contributed by atoms with Crippen LogP contribution < -0.4 is 4.31 Å². The van der Waals surface area contributed by atoms with Crippen molar-refractivity contribution in [3.05, 3.63) is 44.7 Å². The van der Waals surface area contributed by atoms with Gasteiger partial charge in [0.05, 0.1) is 14.5 Å². The lowest BCUT2D eigenvalue weighted by molar-refractivity contribution is 0.596. The smallest absolute Gasteiger partial charge is 0.269 e. The van der Waals surface area contributed by atoms with Crippen LogP contribution in [0.5, 0.6) is 0 Å². The lowest BCUT2D eigenvalue weighted by Crippen LogP contribution is -2.25. The number of sulfonamides is 1. The summed E-state index contributed by atoms with van der Waals surface area (Å²) in [6.45, 7) is 1.92. The van der Waals surface area contributed by atoms with Crippen molar-refractivity contribution in [1.82, 2.24) is 0 Å². The van der Waals surface area contributed by atoms with Gasteiger partial charge in [0.25, 0.3) is 10.0 Å². The third kappa shape index (κ3) is 2.97. The Morgan fingerprint density at radius 3 is 2.53 bits per heavy atom. The Balaban J connectivity index is 2.45. The second-order valence-corrected chi connectivity index (χ2v) is 8.97. The van der Waals surface area contributed by atoms with Gasteiger partial charge in [-0.25, -0.2) is 8.42 Å². The summed E-state index contributed by atoms with van der Waals surface area (Å²) < 4.78 is 27.0. The van der Waals surface area contributed by atoms with E-state index in [1.54, 1.807) is 6.07 Å². The van der Waals surface area contributed by atoms with Gasteiger partial charge in [0, 0.05) is 7.05 Å². The SMILES string of the molecule is Cc1cccc(N(C)S(=O)(=O)c2cc(Cl)c(Br)s2)c1. The molecule has 0 bridgehead atoms. The van der Waals surface area contributed by atoms with Gasteiger partial charge < -0.3 is 0 Å². The third-order valence-corrected chi connectivity index (χ3v) is 7.31. The summed E-state index contributed by atoms with van der Waals surface area (Å²) in [5.74, 6) is 0. The van der Waals surface area contributed by atoms with E-state index in [1.807, 2.05) is 25.1 Å². The highest BCUT2D eigenvalue weighted by Gasteiger charge is 2.24. The predicted octanol–water partition coefficient (Wildman–Crippen LogP) is 4.30. The second-order valence-electron chi connectivity index (χ2n) is 4.00. The van der Waals surface area contributed by atoms with E-state index in [0.717, 1.165) is 16.9 Å². The maximum Gasteiger partial charge on any atom is 0.273 e. The molecule has 0 N–H and O–H groups in total. The van der Waals surface area contributed by atoms with Crippen molar-refractivity contribution in [3.8, 4) is 0 Å². The Kier molecular flexibility index (Phi) is 4.25. The Morgan fingerprint density at radius 2 is 2.00 bits per heavy atom. The van der Waals surface area contributed by atoms with Crippen LogP contribution in [0.1, 0.15) is 5.56 Å². The quantitative estimate of drug-likeness (QED) is 0.796. The fraction of sp³-hybridized carbons (Fsp3) is 0.167. The fourth-order valence-corrected chi connectivity index (χ4v) is 5.31. The minimum Gasteiger partial charge on any atom is -0.269 e. The zero-order valence-electron chi connectivity index (χ0n) is 10.2. The van der Waals surface area contributed by atoms with Crippen LogP contribution in [0, 0.1) is 6.92 Å². The normalized spacial score (nSPS) is 11.6. The van der Waals surface area contributed by atoms with E-state index in [1.165, 1.54) is 17.4 Å². The van der Waals surface area contributed by atoms with Gasteiger partial charge in [-0.15, -0.1) is 11.3 Å². The number of halogens is 2. The van der Waals surface area contributed by atoms with Crippen molar-refractivity contribution in [2.45, 2.75) is 11.1 Å². The van der Waals surface area contributed by atoms with Crippen LogP contribution in [-0.2, 0) is 10.0 Å². The van der Waals surface area contributed by atoms with E-state index >= 15 is 0 Å². The highest BCUT2D eigenvalue weighted by atomic mass is 79.9. The molecule has 1 heterocycles. The van der Waals surface area contributed by atoms with Crippen molar-refractivity contribution in [2.24, 2.45) is 0 Å². The molecule has 1 aromatic carbocycles. The minimum absolute atomic E-state index is 0.216. The zero-order chi connectivity index (χ0) is 14.2. The van der Waals surface area contributed by atoms with Crippen molar-refractivity contribution >= 4 is 54.6 Å². The first kappa shape index (κ1) is 14.8. The zero-order valence-corrected chi connectivity index (χ0v) is 14.2. The molecule has 1 aromatic heterocycles. The summed E-state index contributed by atoms with van der Waals surface area (Å²) in [5.41, 5.74) is 1.63. The number of nitrogens with zero attached hydrogens (tertiary/aromatic N) is 1. The van der Waals surface area contributed by atoms with Crippen LogP contribution in [0.15, 0.2) is 38.3 Å². The van der Waals surface area contributed by atoms with Gasteiger partial charge >= 0.3 is 0 Å². The molecule has 0 aliphatic rings. The molecule has 7 heteroatoms. The molecule has 0 amide bonds. The fourth-order valence-electron chi connectivity index (χ4n) is 1.55. The summed E-state index contributed by atoms with van der Waals surface area (Å²) in [6.07, 6.45) is 0. The van der Waals surface area contributed by atoms with Crippen molar-refractivity contribution in [3.63, 3.8) is 0 Å². The van der Waals surface area contributed by atoms with E-state index in [0.29, 0.717) is 14.5 Å². The monoisotopic (exact) mass is 379 g/mol. The number of aryl methyl sites for hydroxylation is 1. The first-order valence-corrected chi connectivity index (χ1v) is 8.75. The molecule has 0 saturated heterocycles. The Labute approximate surface area is 130 Å². The minimum atomic E-state index is -3.57. The topological polar surface area (TPSA) is 37.4 Å². The largest absolute Gasteiger partial charge is 0.273 e. The molecule has 19 heavy (non-hydrogen) atoms. The number of rotatable bonds is 3. The van der Waals surface area contributed by atoms with E-state index in [4.69, 9.17) is 11.6 Å². The second kappa shape index (κ2) is 5.44. The number of anilines is 1. The van der Waals surface area contributed by atoms with Gasteiger partial charge in [-0.1, -0.05) is 23.7 Å². The third-order valence-electron chi connectivity index (χ3n) is 2.60. The Bertz CT molecular complexity index is 693. The van der Waals surface area contributed by atoms with Crippen molar-refractivity contribution in [1.29, 1.82) is 0 Å². The number of hydrogen-bond acceptors (Lipinski definition) is 3. The van der Waals surface area contributed by atoms with Gasteiger partial charge in [-0.05, 0) is 46.6 Å². The first-order chi connectivity index (χ1) is 8.82. The molecule has 3 nitrogen and oxygen atoms in total. The molecule has 2 aromatic rings. The standard InChI is InChI=1S/C12H11BrClNO2S2/c1-8-4-3-5-9(6-8)15(2)19(16,17)11-7-10(14)12(13)18-11/h3-7H,1-2H3. The molecule has 0 saturated carbocycles. The summed E-state index contributed by atoms with van der Waals surface area (Å²) >= 11 is 10.2. The summed E-state index contributed by atoms with van der Waals surface area (Å²) in [6, 6.07) is 8.78. The molecule has 102 valence electrons. The van der Waals surface area contributed by atoms with Crippen LogP contribution in [-0.4, -0.2) is 15.5 Å². The van der Waals surface area contributed by atoms with Gasteiger partial charge in [-0.3, -0.25) is 4.31 Å². The van der Waals surface area contributed by atoms with E-state index in [-0.39, 0.29) is 4.21 Å². The van der Waals surface area contributed by atoms with Gasteiger partial charge in [0.2, 0.25) is 0 Å². The molecule has 0 aliphatic heterocycles. The molecule has 0 aliphatic carbocycles. The summed E-state index contributed by atoms with van der Waals surface area (Å²) in [4.78, 5) is 0. The molecule has 0 fully saturated rings. The average Bonchev–Trinajstić information content (AvgIpc) is 2.69. The molecular weight excluding hydrogens is 370 g/mol. The van der Waals surface area contributed by atoms with Crippen LogP contribution in [0.25, 0.3) is 0 Å². The van der Waals surface area contributed by atoms with Crippen LogP contribution >= 0.6 is 38.9 Å². The van der Waals surface area contributed by atoms with E-state index in [9.17, 15) is 8.42 Å². The molecule has 2 rings (SSSR count). The highest BCUT2D eigenvalue weighted by Crippen LogP contribution is 2.36. The van der Waals surface area contributed by atoms with Crippen LogP contribution in [0.4, 0.5) is 5.69 Å². The first-order valence-electron chi connectivity index (χ1n) is 5.33. The van der Waals surface area contributed by atoms with Gasteiger partial charge in [0.1, 0.15) is 4.21 Å². The average molecular weight is 381 g/mol. The lowest BCUT2D eigenvalue weighted by Gasteiger charge is -2.18. The molecule has 0 spiro atoms. The van der Waals surface area contributed by atoms with Crippen LogP contribution in [0.3, 0.4) is 0 Å². The van der Waals surface area contributed by atoms with Gasteiger partial charge in [-0.2, -0.15) is 0 Å². The number of thiophene rings is 1. The Morgan fingerprint density at radius 1 is 1.32 bits per heavy atom. The maximum absolute atomic E-state index is 12.5. The molecular formula is C12H11BrClNO2S2.